The minimum atomic E-state index is -0.642. The number of aryl methyl sites for hydroxylation is 1. The molecule has 2 rings (SSSR count). The molecule has 0 amide bonds. The average molecular weight is 303 g/mol. The molecule has 6 heteroatoms. The maximum atomic E-state index is 9.87. The molecule has 0 aliphatic carbocycles. The minimum Gasteiger partial charge on any atom is -0.489 e. The second kappa shape index (κ2) is 7.74. The first-order chi connectivity index (χ1) is 10.2. The van der Waals surface area contributed by atoms with E-state index in [1.165, 1.54) is 0 Å². The van der Waals surface area contributed by atoms with Crippen molar-refractivity contribution in [2.45, 2.75) is 19.6 Å². The molecule has 21 heavy (non-hydrogen) atoms. The fourth-order valence-corrected chi connectivity index (χ4v) is 2.40. The molecular weight excluding hydrogens is 286 g/mol. The molecule has 0 fully saturated rings. The number of thiazole rings is 1. The van der Waals surface area contributed by atoms with Crippen molar-refractivity contribution in [2.24, 2.45) is 0 Å². The number of benzene rings is 1. The van der Waals surface area contributed by atoms with E-state index in [0.29, 0.717) is 24.4 Å². The van der Waals surface area contributed by atoms with Gasteiger partial charge in [0.1, 0.15) is 24.5 Å². The molecule has 1 unspecified atom stereocenters. The standard InChI is InChI=1S/C15H17N3O2S/c1-11-18-13(10-21-11)7-17-8-14(19)9-20-15-5-3-2-4-12(15)6-16/h2-5,10,14,17,19H,7-9H2,1H3. The van der Waals surface area contributed by atoms with Crippen LogP contribution < -0.4 is 10.1 Å². The Kier molecular flexibility index (Phi) is 5.69. The smallest absolute Gasteiger partial charge is 0.137 e. The van der Waals surface area contributed by atoms with Gasteiger partial charge in [-0.3, -0.25) is 0 Å². The van der Waals surface area contributed by atoms with E-state index in [2.05, 4.69) is 16.4 Å². The summed E-state index contributed by atoms with van der Waals surface area (Å²) < 4.78 is 5.47. The molecule has 2 aromatic rings. The second-order valence-corrected chi connectivity index (χ2v) is 5.62. The molecule has 0 aliphatic heterocycles. The zero-order valence-electron chi connectivity index (χ0n) is 11.7. The number of para-hydroxylation sites is 1. The summed E-state index contributed by atoms with van der Waals surface area (Å²) in [5.41, 5.74) is 1.44. The van der Waals surface area contributed by atoms with Gasteiger partial charge >= 0.3 is 0 Å². The van der Waals surface area contributed by atoms with Crippen molar-refractivity contribution in [3.05, 3.63) is 45.9 Å². The van der Waals surface area contributed by atoms with Crippen molar-refractivity contribution in [1.29, 1.82) is 5.26 Å². The van der Waals surface area contributed by atoms with Crippen molar-refractivity contribution in [1.82, 2.24) is 10.3 Å². The molecular formula is C15H17N3O2S. The van der Waals surface area contributed by atoms with Gasteiger partial charge in [-0.1, -0.05) is 12.1 Å². The van der Waals surface area contributed by atoms with E-state index in [9.17, 15) is 5.11 Å². The van der Waals surface area contributed by atoms with Gasteiger partial charge < -0.3 is 15.2 Å². The molecule has 0 spiro atoms. The summed E-state index contributed by atoms with van der Waals surface area (Å²) in [6.07, 6.45) is -0.642. The highest BCUT2D eigenvalue weighted by atomic mass is 32.1. The molecule has 1 aromatic carbocycles. The largest absolute Gasteiger partial charge is 0.489 e. The summed E-state index contributed by atoms with van der Waals surface area (Å²) in [6, 6.07) is 9.04. The molecule has 0 radical (unpaired) electrons. The number of hydrogen-bond donors (Lipinski definition) is 2. The van der Waals surface area contributed by atoms with Crippen LogP contribution in [-0.4, -0.2) is 29.3 Å². The van der Waals surface area contributed by atoms with E-state index in [1.807, 2.05) is 12.3 Å². The van der Waals surface area contributed by atoms with Crippen molar-refractivity contribution in [3.8, 4) is 11.8 Å². The zero-order valence-corrected chi connectivity index (χ0v) is 12.6. The fourth-order valence-electron chi connectivity index (χ4n) is 1.79. The van der Waals surface area contributed by atoms with E-state index in [-0.39, 0.29) is 6.61 Å². The van der Waals surface area contributed by atoms with Gasteiger partial charge in [-0.05, 0) is 19.1 Å². The number of hydrogen-bond acceptors (Lipinski definition) is 6. The molecule has 1 aromatic heterocycles. The van der Waals surface area contributed by atoms with Gasteiger partial charge in [0.25, 0.3) is 0 Å². The zero-order chi connectivity index (χ0) is 15.1. The predicted octanol–water partition coefficient (Wildman–Crippen LogP) is 1.85. The molecule has 0 saturated carbocycles. The molecule has 0 saturated heterocycles. The van der Waals surface area contributed by atoms with Crippen molar-refractivity contribution >= 4 is 11.3 Å². The lowest BCUT2D eigenvalue weighted by Gasteiger charge is -2.13. The monoisotopic (exact) mass is 303 g/mol. The first-order valence-corrected chi connectivity index (χ1v) is 7.48. The highest BCUT2D eigenvalue weighted by Gasteiger charge is 2.08. The summed E-state index contributed by atoms with van der Waals surface area (Å²) in [7, 11) is 0. The van der Waals surface area contributed by atoms with Crippen molar-refractivity contribution in [2.75, 3.05) is 13.2 Å². The third kappa shape index (κ3) is 4.83. The summed E-state index contributed by atoms with van der Waals surface area (Å²) >= 11 is 1.61. The van der Waals surface area contributed by atoms with E-state index in [1.54, 1.807) is 35.6 Å². The van der Waals surface area contributed by atoms with E-state index >= 15 is 0 Å². The van der Waals surface area contributed by atoms with Crippen LogP contribution in [0, 0.1) is 18.3 Å². The third-order valence-corrected chi connectivity index (χ3v) is 3.61. The lowest BCUT2D eigenvalue weighted by Crippen LogP contribution is -2.31. The SMILES string of the molecule is Cc1nc(CNCC(O)COc2ccccc2C#N)cs1. The number of aliphatic hydroxyl groups excluding tert-OH is 1. The number of aliphatic hydroxyl groups is 1. The summed E-state index contributed by atoms with van der Waals surface area (Å²) in [4.78, 5) is 4.33. The van der Waals surface area contributed by atoms with Crippen molar-refractivity contribution < 1.29 is 9.84 Å². The van der Waals surface area contributed by atoms with E-state index in [4.69, 9.17) is 10.00 Å². The lowest BCUT2D eigenvalue weighted by molar-refractivity contribution is 0.106. The highest BCUT2D eigenvalue weighted by molar-refractivity contribution is 7.09. The molecule has 0 bridgehead atoms. The van der Waals surface area contributed by atoms with Crippen LogP contribution in [0.2, 0.25) is 0 Å². The fraction of sp³-hybridized carbons (Fsp3) is 0.333. The van der Waals surface area contributed by atoms with Crippen LogP contribution >= 0.6 is 11.3 Å². The maximum absolute atomic E-state index is 9.87. The molecule has 2 N–H and O–H groups in total. The predicted molar refractivity (Wildman–Crippen MR) is 81.2 cm³/mol. The number of nitrogens with one attached hydrogen (secondary N) is 1. The number of nitriles is 1. The maximum Gasteiger partial charge on any atom is 0.137 e. The lowest BCUT2D eigenvalue weighted by atomic mass is 10.2. The van der Waals surface area contributed by atoms with Crippen LogP contribution in [0.25, 0.3) is 0 Å². The Morgan fingerprint density at radius 3 is 3.00 bits per heavy atom. The topological polar surface area (TPSA) is 78.2 Å². The van der Waals surface area contributed by atoms with Gasteiger partial charge in [0.15, 0.2) is 0 Å². The van der Waals surface area contributed by atoms with E-state index < -0.39 is 6.10 Å². The first-order valence-electron chi connectivity index (χ1n) is 6.60. The number of ether oxygens (including phenoxy) is 1. The Hall–Kier alpha value is -1.94. The van der Waals surface area contributed by atoms with E-state index in [0.717, 1.165) is 10.7 Å². The summed E-state index contributed by atoms with van der Waals surface area (Å²) in [5, 5.41) is 25.0. The van der Waals surface area contributed by atoms with Gasteiger partial charge in [-0.15, -0.1) is 11.3 Å². The van der Waals surface area contributed by atoms with Crippen LogP contribution in [0.15, 0.2) is 29.6 Å². The molecule has 110 valence electrons. The molecule has 1 heterocycles. The minimum absolute atomic E-state index is 0.141. The Morgan fingerprint density at radius 1 is 1.48 bits per heavy atom. The van der Waals surface area contributed by atoms with Crippen LogP contribution in [0.3, 0.4) is 0 Å². The van der Waals surface area contributed by atoms with Gasteiger partial charge in [-0.2, -0.15) is 5.26 Å². The first kappa shape index (κ1) is 15.4. The highest BCUT2D eigenvalue weighted by Crippen LogP contribution is 2.16. The van der Waals surface area contributed by atoms with Gasteiger partial charge in [0.05, 0.1) is 16.3 Å². The van der Waals surface area contributed by atoms with Gasteiger partial charge in [0.2, 0.25) is 0 Å². The third-order valence-electron chi connectivity index (χ3n) is 2.79. The number of nitrogens with zero attached hydrogens (tertiary/aromatic N) is 2. The van der Waals surface area contributed by atoms with Gasteiger partial charge in [0, 0.05) is 18.5 Å². The molecule has 5 nitrogen and oxygen atoms in total. The average Bonchev–Trinajstić information content (AvgIpc) is 2.91. The Labute approximate surface area is 127 Å². The normalized spacial score (nSPS) is 11.9. The summed E-state index contributed by atoms with van der Waals surface area (Å²) in [6.45, 7) is 3.13. The van der Waals surface area contributed by atoms with Crippen LogP contribution in [0.5, 0.6) is 5.75 Å². The Bertz CT molecular complexity index is 621. The van der Waals surface area contributed by atoms with Crippen LogP contribution in [0.1, 0.15) is 16.3 Å². The quantitative estimate of drug-likeness (QED) is 0.816. The second-order valence-electron chi connectivity index (χ2n) is 4.56. The van der Waals surface area contributed by atoms with Gasteiger partial charge in [-0.25, -0.2) is 4.98 Å². The molecule has 1 atom stereocenters. The Balaban J connectivity index is 1.72. The summed E-state index contributed by atoms with van der Waals surface area (Å²) in [5.74, 6) is 0.495. The Morgan fingerprint density at radius 2 is 2.29 bits per heavy atom. The number of rotatable bonds is 7. The van der Waals surface area contributed by atoms with Crippen LogP contribution in [-0.2, 0) is 6.54 Å². The number of aromatic nitrogens is 1. The van der Waals surface area contributed by atoms with Crippen LogP contribution in [0.4, 0.5) is 0 Å². The van der Waals surface area contributed by atoms with Crippen molar-refractivity contribution in [3.63, 3.8) is 0 Å². The molecule has 0 aliphatic rings.